The monoisotopic (exact) mass is 971 g/mol. The molecule has 0 N–H and O–H groups in total. The smallest absolute Gasteiger partial charge is 0.306 e. The van der Waals surface area contributed by atoms with Crippen LogP contribution in [0.2, 0.25) is 0 Å². The van der Waals surface area contributed by atoms with Gasteiger partial charge in [-0.05, 0) is 116 Å². The van der Waals surface area contributed by atoms with Gasteiger partial charge < -0.3 is 14.2 Å². The third-order valence-electron chi connectivity index (χ3n) is 12.0. The summed E-state index contributed by atoms with van der Waals surface area (Å²) in [5, 5.41) is 0. The number of rotatable bonds is 51. The van der Waals surface area contributed by atoms with Crippen molar-refractivity contribution in [3.63, 3.8) is 0 Å². The third kappa shape index (κ3) is 55.0. The van der Waals surface area contributed by atoms with Crippen molar-refractivity contribution in [1.29, 1.82) is 0 Å². The number of esters is 3. The highest BCUT2D eigenvalue weighted by molar-refractivity contribution is 5.71. The lowest BCUT2D eigenvalue weighted by atomic mass is 10.1. The van der Waals surface area contributed by atoms with Gasteiger partial charge in [0.05, 0.1) is 0 Å². The maximum absolute atomic E-state index is 12.9. The molecule has 0 saturated heterocycles. The molecule has 0 aromatic heterocycles. The van der Waals surface area contributed by atoms with E-state index in [1.165, 1.54) is 103 Å². The third-order valence-corrected chi connectivity index (χ3v) is 12.0. The summed E-state index contributed by atoms with van der Waals surface area (Å²) in [4.78, 5) is 38.2. The van der Waals surface area contributed by atoms with Crippen LogP contribution in [0.25, 0.3) is 0 Å². The van der Waals surface area contributed by atoms with Gasteiger partial charge in [-0.15, -0.1) is 0 Å². The SMILES string of the molecule is CC/C=C\C/C=C\C/C=C\C/C=C\C/C=C\CCCCCC(=O)OCC(COC(=O)CCCCCCCCC/C=C\C/C=C\CC)OC(=O)CCCCCCCCCCCC/C=C\C=C/CCCCC. The van der Waals surface area contributed by atoms with Crippen molar-refractivity contribution in [2.45, 2.75) is 264 Å². The number of hydrogen-bond acceptors (Lipinski definition) is 6. The molecule has 0 aliphatic heterocycles. The van der Waals surface area contributed by atoms with Crippen molar-refractivity contribution in [3.05, 3.63) is 109 Å². The fourth-order valence-electron chi connectivity index (χ4n) is 7.73. The van der Waals surface area contributed by atoms with Gasteiger partial charge >= 0.3 is 17.9 Å². The Kier molecular flexibility index (Phi) is 54.4. The van der Waals surface area contributed by atoms with E-state index in [-0.39, 0.29) is 31.1 Å². The van der Waals surface area contributed by atoms with Crippen molar-refractivity contribution in [2.75, 3.05) is 13.2 Å². The summed E-state index contributed by atoms with van der Waals surface area (Å²) >= 11 is 0. The number of carbonyl (C=O) groups excluding carboxylic acids is 3. The molecule has 6 heteroatoms. The van der Waals surface area contributed by atoms with Crippen molar-refractivity contribution in [2.24, 2.45) is 0 Å². The molecule has 0 aromatic rings. The van der Waals surface area contributed by atoms with Crippen LogP contribution in [0.4, 0.5) is 0 Å². The van der Waals surface area contributed by atoms with Gasteiger partial charge in [0.1, 0.15) is 13.2 Å². The number of unbranched alkanes of at least 4 members (excludes halogenated alkanes) is 23. The van der Waals surface area contributed by atoms with Crippen LogP contribution in [0.5, 0.6) is 0 Å². The lowest BCUT2D eigenvalue weighted by Crippen LogP contribution is -2.30. The van der Waals surface area contributed by atoms with Crippen LogP contribution < -0.4 is 0 Å². The van der Waals surface area contributed by atoms with E-state index in [0.717, 1.165) is 116 Å². The molecule has 1 atom stereocenters. The minimum Gasteiger partial charge on any atom is -0.462 e. The highest BCUT2D eigenvalue weighted by atomic mass is 16.6. The van der Waals surface area contributed by atoms with Crippen molar-refractivity contribution >= 4 is 17.9 Å². The highest BCUT2D eigenvalue weighted by Gasteiger charge is 2.19. The van der Waals surface area contributed by atoms with Crippen LogP contribution in [0, 0.1) is 0 Å². The second kappa shape index (κ2) is 57.6. The molecule has 0 heterocycles. The highest BCUT2D eigenvalue weighted by Crippen LogP contribution is 2.15. The topological polar surface area (TPSA) is 78.9 Å². The zero-order chi connectivity index (χ0) is 50.7. The van der Waals surface area contributed by atoms with E-state index in [1.807, 2.05) is 0 Å². The predicted molar refractivity (Wildman–Crippen MR) is 302 cm³/mol. The Bertz CT molecular complexity index is 1440. The molecule has 1 unspecified atom stereocenters. The summed E-state index contributed by atoms with van der Waals surface area (Å²) in [7, 11) is 0. The summed E-state index contributed by atoms with van der Waals surface area (Å²) in [5.74, 6) is -0.939. The first-order valence-electron chi connectivity index (χ1n) is 28.9. The second-order valence-electron chi connectivity index (χ2n) is 18.8. The van der Waals surface area contributed by atoms with Gasteiger partial charge in [0.2, 0.25) is 0 Å². The normalized spacial score (nSPS) is 12.9. The first-order chi connectivity index (χ1) is 34.5. The Balaban J connectivity index is 4.46. The van der Waals surface area contributed by atoms with Gasteiger partial charge in [-0.3, -0.25) is 14.4 Å². The van der Waals surface area contributed by atoms with Crippen LogP contribution in [0.1, 0.15) is 258 Å². The summed E-state index contributed by atoms with van der Waals surface area (Å²) in [6.45, 7) is 6.36. The zero-order valence-corrected chi connectivity index (χ0v) is 45.5. The van der Waals surface area contributed by atoms with Crippen LogP contribution in [-0.4, -0.2) is 37.2 Å². The first kappa shape index (κ1) is 66.1. The van der Waals surface area contributed by atoms with E-state index in [4.69, 9.17) is 14.2 Å². The maximum atomic E-state index is 12.9. The number of allylic oxidation sites excluding steroid dienone is 18. The molecule has 0 rings (SSSR count). The van der Waals surface area contributed by atoms with Crippen LogP contribution in [0.3, 0.4) is 0 Å². The summed E-state index contributed by atoms with van der Waals surface area (Å²) in [6, 6.07) is 0. The molecule has 0 spiro atoms. The van der Waals surface area contributed by atoms with Crippen molar-refractivity contribution in [3.8, 4) is 0 Å². The fourth-order valence-corrected chi connectivity index (χ4v) is 7.73. The molecule has 0 amide bonds. The number of carbonyl (C=O) groups is 3. The predicted octanol–water partition coefficient (Wildman–Crippen LogP) is 19.5. The van der Waals surface area contributed by atoms with E-state index in [9.17, 15) is 14.4 Å². The molecule has 0 bridgehead atoms. The quantitative estimate of drug-likeness (QED) is 0.0199. The van der Waals surface area contributed by atoms with Crippen molar-refractivity contribution < 1.29 is 28.6 Å². The molecule has 0 aliphatic carbocycles. The minimum absolute atomic E-state index is 0.0956. The molecular formula is C64H106O6. The lowest BCUT2D eigenvalue weighted by Gasteiger charge is -2.18. The molecule has 0 aliphatic rings. The van der Waals surface area contributed by atoms with E-state index in [2.05, 4.69) is 130 Å². The fraction of sp³-hybridized carbons (Fsp3) is 0.672. The van der Waals surface area contributed by atoms with Gasteiger partial charge in [0.15, 0.2) is 6.10 Å². The summed E-state index contributed by atoms with van der Waals surface area (Å²) < 4.78 is 16.8. The molecule has 398 valence electrons. The van der Waals surface area contributed by atoms with E-state index in [0.29, 0.717) is 19.3 Å². The van der Waals surface area contributed by atoms with E-state index in [1.54, 1.807) is 0 Å². The molecule has 70 heavy (non-hydrogen) atoms. The molecule has 0 aromatic carbocycles. The molecule has 0 radical (unpaired) electrons. The van der Waals surface area contributed by atoms with Crippen LogP contribution in [0.15, 0.2) is 109 Å². The van der Waals surface area contributed by atoms with Gasteiger partial charge in [0.25, 0.3) is 0 Å². The first-order valence-corrected chi connectivity index (χ1v) is 28.9. The Morgan fingerprint density at radius 3 is 0.971 bits per heavy atom. The second-order valence-corrected chi connectivity index (χ2v) is 18.8. The van der Waals surface area contributed by atoms with Gasteiger partial charge in [0, 0.05) is 19.3 Å². The number of hydrogen-bond donors (Lipinski definition) is 0. The maximum Gasteiger partial charge on any atom is 0.306 e. The lowest BCUT2D eigenvalue weighted by molar-refractivity contribution is -0.167. The van der Waals surface area contributed by atoms with Gasteiger partial charge in [-0.2, -0.15) is 0 Å². The number of ether oxygens (including phenoxy) is 3. The summed E-state index contributed by atoms with van der Waals surface area (Å²) in [6.07, 6.45) is 77.9. The molecule has 0 saturated carbocycles. The largest absolute Gasteiger partial charge is 0.462 e. The van der Waals surface area contributed by atoms with E-state index >= 15 is 0 Å². The average molecular weight is 972 g/mol. The van der Waals surface area contributed by atoms with Crippen LogP contribution in [-0.2, 0) is 28.6 Å². The molecule has 6 nitrogen and oxygen atoms in total. The Hall–Kier alpha value is -3.93. The average Bonchev–Trinajstić information content (AvgIpc) is 3.36. The van der Waals surface area contributed by atoms with Crippen molar-refractivity contribution in [1.82, 2.24) is 0 Å². The van der Waals surface area contributed by atoms with E-state index < -0.39 is 6.10 Å². The van der Waals surface area contributed by atoms with Gasteiger partial charge in [-0.25, -0.2) is 0 Å². The Labute approximate surface area is 431 Å². The summed E-state index contributed by atoms with van der Waals surface area (Å²) in [5.41, 5.74) is 0. The molecular weight excluding hydrogens is 865 g/mol. The zero-order valence-electron chi connectivity index (χ0n) is 45.5. The van der Waals surface area contributed by atoms with Gasteiger partial charge in [-0.1, -0.05) is 233 Å². The minimum atomic E-state index is -0.799. The standard InChI is InChI=1S/C64H106O6/c1-4-7-10-13-16-19-22-25-28-30-32-34-36-39-42-45-48-51-54-57-63(66)69-60-61(59-68-62(65)56-53-50-47-44-41-38-27-24-21-18-15-12-9-6-3)70-64(67)58-55-52-49-46-43-40-37-35-33-31-29-26-23-20-17-14-11-8-5-2/h7,9-10,12,16-21,23,25-26,28,32,34,39,42,61H,4-6,8,11,13-15,22,24,27,29-31,33,35-38,40-41,43-60H2,1-3H3/b10-7-,12-9-,19-16-,20-17-,21-18-,26-23-,28-25-,34-32-,42-39-. The Morgan fingerprint density at radius 2 is 0.600 bits per heavy atom. The van der Waals surface area contributed by atoms with Crippen LogP contribution >= 0.6 is 0 Å². The molecule has 0 fully saturated rings. The Morgan fingerprint density at radius 1 is 0.314 bits per heavy atom.